The van der Waals surface area contributed by atoms with Crippen molar-refractivity contribution in [1.29, 1.82) is 5.26 Å². The lowest BCUT2D eigenvalue weighted by Crippen LogP contribution is -2.49. The molecule has 0 saturated carbocycles. The zero-order valence-electron chi connectivity index (χ0n) is 23.2. The number of hydrogen-bond donors (Lipinski definition) is 1. The van der Waals surface area contributed by atoms with Crippen LogP contribution in [0.15, 0.2) is 91.0 Å². The maximum Gasteiger partial charge on any atom is 0.250 e. The number of anilines is 1. The van der Waals surface area contributed by atoms with Crippen LogP contribution in [0.25, 0.3) is 11.1 Å². The number of nitriles is 1. The van der Waals surface area contributed by atoms with Gasteiger partial charge in [0.15, 0.2) is 0 Å². The van der Waals surface area contributed by atoms with E-state index in [0.29, 0.717) is 27.3 Å². The number of piperidine rings is 1. The average Bonchev–Trinajstić information content (AvgIpc) is 3.44. The third kappa shape index (κ3) is 6.23. The Labute approximate surface area is 256 Å². The number of ether oxygens (including phenoxy) is 1. The van der Waals surface area contributed by atoms with Crippen molar-refractivity contribution in [1.82, 2.24) is 4.90 Å². The van der Waals surface area contributed by atoms with E-state index in [1.807, 2.05) is 18.2 Å². The van der Waals surface area contributed by atoms with E-state index in [1.165, 1.54) is 11.1 Å². The number of benzene rings is 4. The van der Waals surface area contributed by atoms with Gasteiger partial charge in [-0.05, 0) is 83.8 Å². The number of nitrogens with one attached hydrogen (secondary N) is 1. The van der Waals surface area contributed by atoms with Crippen molar-refractivity contribution in [3.05, 3.63) is 123 Å². The highest BCUT2D eigenvalue weighted by Gasteiger charge is 2.40. The van der Waals surface area contributed by atoms with Crippen LogP contribution in [0.3, 0.4) is 0 Å². The van der Waals surface area contributed by atoms with Gasteiger partial charge in [0.2, 0.25) is 5.91 Å². The van der Waals surface area contributed by atoms with Gasteiger partial charge < -0.3 is 10.1 Å². The Morgan fingerprint density at radius 3 is 2.19 bits per heavy atom. The zero-order chi connectivity index (χ0) is 29.1. The van der Waals surface area contributed by atoms with Crippen LogP contribution in [-0.2, 0) is 28.0 Å². The molecule has 1 saturated heterocycles. The van der Waals surface area contributed by atoms with Crippen LogP contribution in [-0.4, -0.2) is 36.5 Å². The largest absolute Gasteiger partial charge is 0.360 e. The van der Waals surface area contributed by atoms with Crippen LogP contribution in [0, 0.1) is 11.3 Å². The first-order valence-electron chi connectivity index (χ1n) is 14.2. The molecule has 4 aromatic rings. The second-order valence-corrected chi connectivity index (χ2v) is 12.0. The highest BCUT2D eigenvalue weighted by molar-refractivity contribution is 6.35. The summed E-state index contributed by atoms with van der Waals surface area (Å²) in [7, 11) is 0. The van der Waals surface area contributed by atoms with Gasteiger partial charge in [-0.15, -0.1) is 0 Å². The average molecular weight is 597 g/mol. The van der Waals surface area contributed by atoms with Crippen molar-refractivity contribution < 1.29 is 9.53 Å². The number of carbonyl (C=O) groups is 1. The third-order valence-corrected chi connectivity index (χ3v) is 8.95. The van der Waals surface area contributed by atoms with Crippen LogP contribution in [0.1, 0.15) is 35.1 Å². The minimum atomic E-state index is -0.599. The predicted octanol–water partition coefficient (Wildman–Crippen LogP) is 7.65. The Morgan fingerprint density at radius 2 is 1.55 bits per heavy atom. The number of halogens is 2. The van der Waals surface area contributed by atoms with Gasteiger partial charge in [-0.3, -0.25) is 9.69 Å². The monoisotopic (exact) mass is 595 g/mol. The summed E-state index contributed by atoms with van der Waals surface area (Å²) in [6.07, 6.45) is 3.70. The molecule has 212 valence electrons. The van der Waals surface area contributed by atoms with Gasteiger partial charge in [0.25, 0.3) is 0 Å². The van der Waals surface area contributed by atoms with Crippen LogP contribution >= 0.6 is 23.2 Å². The predicted molar refractivity (Wildman–Crippen MR) is 168 cm³/mol. The molecule has 0 spiro atoms. The van der Waals surface area contributed by atoms with Gasteiger partial charge in [0.1, 0.15) is 6.61 Å². The molecule has 0 aromatic heterocycles. The Balaban J connectivity index is 1.20. The van der Waals surface area contributed by atoms with E-state index < -0.39 is 5.60 Å². The number of nitrogens with zero attached hydrogens (tertiary/aromatic N) is 2. The Kier molecular flexibility index (Phi) is 8.33. The third-order valence-electron chi connectivity index (χ3n) is 8.51. The number of fused-ring (bicyclic) bond motifs is 1. The standard InChI is InChI=1S/C35H31Cl2N3O2/c36-30-19-31(37)21-32(20-30)39-34(41)23-42-35(29-10-8-25(9-11-29)26-7-3-4-24(16-26)22-38)12-14-40(15-13-35)33-17-27-5-1-2-6-28(27)18-33/h1-11,16,19-21,33H,12-15,17-18,23H2,(H,39,41). The van der Waals surface area contributed by atoms with Crippen molar-refractivity contribution in [3.8, 4) is 17.2 Å². The van der Waals surface area contributed by atoms with Crippen molar-refractivity contribution in [2.45, 2.75) is 37.3 Å². The second-order valence-electron chi connectivity index (χ2n) is 11.1. The minimum Gasteiger partial charge on any atom is -0.360 e. The van der Waals surface area contributed by atoms with Crippen molar-refractivity contribution in [2.75, 3.05) is 25.0 Å². The summed E-state index contributed by atoms with van der Waals surface area (Å²) in [4.78, 5) is 15.6. The number of carbonyl (C=O) groups excluding carboxylic acids is 1. The van der Waals surface area contributed by atoms with Crippen LogP contribution in [0.5, 0.6) is 0 Å². The summed E-state index contributed by atoms with van der Waals surface area (Å²) in [6.45, 7) is 1.68. The SMILES string of the molecule is N#Cc1cccc(-c2ccc(C3(OCC(=O)Nc4cc(Cl)cc(Cl)c4)CCN(C4Cc5ccccc5C4)CC3)cc2)c1. The fourth-order valence-corrected chi connectivity index (χ4v) is 6.85. The van der Waals surface area contributed by atoms with Gasteiger partial charge in [-0.2, -0.15) is 5.26 Å². The van der Waals surface area contributed by atoms with E-state index in [1.54, 1.807) is 24.3 Å². The first kappa shape index (κ1) is 28.5. The van der Waals surface area contributed by atoms with E-state index >= 15 is 0 Å². The molecule has 1 N–H and O–H groups in total. The molecule has 5 nitrogen and oxygen atoms in total. The summed E-state index contributed by atoms with van der Waals surface area (Å²) < 4.78 is 6.56. The molecule has 2 aliphatic rings. The van der Waals surface area contributed by atoms with Gasteiger partial charge in [0.05, 0.1) is 17.2 Å². The van der Waals surface area contributed by atoms with Gasteiger partial charge in [-0.25, -0.2) is 0 Å². The normalized spacial score (nSPS) is 16.5. The van der Waals surface area contributed by atoms with Crippen molar-refractivity contribution in [2.24, 2.45) is 0 Å². The fraction of sp³-hybridized carbons (Fsp3) is 0.257. The molecule has 4 aromatic carbocycles. The van der Waals surface area contributed by atoms with Crippen molar-refractivity contribution >= 4 is 34.8 Å². The molecule has 1 aliphatic carbocycles. The molecule has 0 radical (unpaired) electrons. The number of likely N-dealkylation sites (tertiary alicyclic amines) is 1. The summed E-state index contributed by atoms with van der Waals surface area (Å²) in [5.74, 6) is -0.258. The van der Waals surface area contributed by atoms with E-state index in [0.717, 1.165) is 55.5 Å². The van der Waals surface area contributed by atoms with Crippen LogP contribution in [0.2, 0.25) is 10.0 Å². The number of hydrogen-bond acceptors (Lipinski definition) is 4. The number of amides is 1. The minimum absolute atomic E-state index is 0.0923. The Morgan fingerprint density at radius 1 is 0.881 bits per heavy atom. The van der Waals surface area contributed by atoms with Crippen molar-refractivity contribution in [3.63, 3.8) is 0 Å². The van der Waals surface area contributed by atoms with Gasteiger partial charge in [0, 0.05) is 34.9 Å². The van der Waals surface area contributed by atoms with Gasteiger partial charge in [-0.1, -0.05) is 83.9 Å². The highest BCUT2D eigenvalue weighted by Crippen LogP contribution is 2.40. The molecule has 0 unspecified atom stereocenters. The van der Waals surface area contributed by atoms with E-state index in [9.17, 15) is 10.1 Å². The first-order chi connectivity index (χ1) is 20.4. The summed E-state index contributed by atoms with van der Waals surface area (Å²) in [5, 5.41) is 13.1. The van der Waals surface area contributed by atoms with E-state index in [-0.39, 0.29) is 12.5 Å². The maximum absolute atomic E-state index is 13.0. The molecule has 1 heterocycles. The molecule has 6 rings (SSSR count). The summed E-state index contributed by atoms with van der Waals surface area (Å²) in [5.41, 5.74) is 6.54. The second kappa shape index (κ2) is 12.3. The van der Waals surface area contributed by atoms with E-state index in [2.05, 4.69) is 64.8 Å². The molecule has 1 amide bonds. The molecular weight excluding hydrogens is 565 g/mol. The first-order valence-corrected chi connectivity index (χ1v) is 15.0. The molecule has 0 bridgehead atoms. The zero-order valence-corrected chi connectivity index (χ0v) is 24.7. The molecule has 1 fully saturated rings. The molecule has 1 aliphatic heterocycles. The van der Waals surface area contributed by atoms with E-state index in [4.69, 9.17) is 27.9 Å². The molecule has 42 heavy (non-hydrogen) atoms. The Bertz CT molecular complexity index is 1590. The summed E-state index contributed by atoms with van der Waals surface area (Å²) >= 11 is 12.2. The van der Waals surface area contributed by atoms with Crippen LogP contribution in [0.4, 0.5) is 5.69 Å². The maximum atomic E-state index is 13.0. The lowest BCUT2D eigenvalue weighted by Gasteiger charge is -2.44. The molecular formula is C35H31Cl2N3O2. The van der Waals surface area contributed by atoms with Gasteiger partial charge >= 0.3 is 0 Å². The topological polar surface area (TPSA) is 65.4 Å². The van der Waals surface area contributed by atoms with Crippen LogP contribution < -0.4 is 5.32 Å². The number of rotatable bonds is 7. The molecule has 7 heteroatoms. The Hall–Kier alpha value is -3.66. The lowest BCUT2D eigenvalue weighted by molar-refractivity contribution is -0.135. The lowest BCUT2D eigenvalue weighted by atomic mass is 9.82. The molecule has 0 atom stereocenters. The highest BCUT2D eigenvalue weighted by atomic mass is 35.5. The fourth-order valence-electron chi connectivity index (χ4n) is 6.32. The summed E-state index contributed by atoms with van der Waals surface area (Å²) in [6, 6.07) is 32.4. The quantitative estimate of drug-likeness (QED) is 0.238. The smallest absolute Gasteiger partial charge is 0.250 e.